The molecule has 1 saturated carbocycles. The summed E-state index contributed by atoms with van der Waals surface area (Å²) >= 11 is 0. The van der Waals surface area contributed by atoms with Crippen molar-refractivity contribution in [2.75, 3.05) is 19.8 Å². The number of hydrogen-bond acceptors (Lipinski definition) is 3. The van der Waals surface area contributed by atoms with Crippen LogP contribution in [0.25, 0.3) is 0 Å². The largest absolute Gasteiger partial charge is 0.481 e. The number of hydrogen-bond donors (Lipinski definition) is 1. The number of ether oxygens (including phenoxy) is 1. The molecule has 1 aliphatic heterocycles. The summed E-state index contributed by atoms with van der Waals surface area (Å²) in [5.41, 5.74) is 0.613. The van der Waals surface area contributed by atoms with E-state index in [0.29, 0.717) is 38.0 Å². The zero-order valence-electron chi connectivity index (χ0n) is 13.8. The maximum Gasteiger partial charge on any atom is 0.305 e. The number of halogens is 2. The van der Waals surface area contributed by atoms with E-state index in [1.54, 1.807) is 4.90 Å². The monoisotopic (exact) mass is 353 g/mol. The molecule has 2 atom stereocenters. The highest BCUT2D eigenvalue weighted by atomic mass is 19.2. The molecule has 136 valence electrons. The molecule has 2 aliphatic rings. The lowest BCUT2D eigenvalue weighted by molar-refractivity contribution is -0.141. The summed E-state index contributed by atoms with van der Waals surface area (Å²) in [6.07, 6.45) is 1.85. The van der Waals surface area contributed by atoms with E-state index in [0.717, 1.165) is 12.1 Å². The maximum absolute atomic E-state index is 13.4. The van der Waals surface area contributed by atoms with E-state index in [2.05, 4.69) is 0 Å². The first-order valence-electron chi connectivity index (χ1n) is 8.52. The first kappa shape index (κ1) is 17.8. The number of carbonyl (C=O) groups is 2. The van der Waals surface area contributed by atoms with Crippen LogP contribution < -0.4 is 0 Å². The Morgan fingerprint density at radius 2 is 1.92 bits per heavy atom. The molecule has 2 fully saturated rings. The predicted molar refractivity (Wildman–Crippen MR) is 85.0 cm³/mol. The molecule has 1 aromatic carbocycles. The topological polar surface area (TPSA) is 66.8 Å². The number of nitrogens with zero attached hydrogens (tertiary/aromatic N) is 1. The van der Waals surface area contributed by atoms with Gasteiger partial charge in [0.15, 0.2) is 11.6 Å². The van der Waals surface area contributed by atoms with Crippen LogP contribution in [0.5, 0.6) is 0 Å². The van der Waals surface area contributed by atoms with Crippen LogP contribution in [-0.4, -0.2) is 47.7 Å². The molecule has 3 rings (SSSR count). The van der Waals surface area contributed by atoms with Crippen molar-refractivity contribution in [2.24, 2.45) is 5.92 Å². The van der Waals surface area contributed by atoms with Gasteiger partial charge < -0.3 is 14.7 Å². The summed E-state index contributed by atoms with van der Waals surface area (Å²) in [7, 11) is 0. The fourth-order valence-corrected chi connectivity index (χ4v) is 3.48. The van der Waals surface area contributed by atoms with E-state index in [1.807, 2.05) is 0 Å². The van der Waals surface area contributed by atoms with Crippen molar-refractivity contribution < 1.29 is 28.2 Å². The molecule has 0 aromatic heterocycles. The number of amides is 1. The smallest absolute Gasteiger partial charge is 0.305 e. The van der Waals surface area contributed by atoms with Gasteiger partial charge in [0.1, 0.15) is 0 Å². The predicted octanol–water partition coefficient (Wildman–Crippen LogP) is 2.55. The third kappa shape index (κ3) is 4.15. The lowest BCUT2D eigenvalue weighted by Crippen LogP contribution is -2.45. The second-order valence-corrected chi connectivity index (χ2v) is 6.64. The summed E-state index contributed by atoms with van der Waals surface area (Å²) < 4.78 is 31.8. The number of aliphatic carboxylic acids is 1. The fourth-order valence-electron chi connectivity index (χ4n) is 3.48. The summed E-state index contributed by atoms with van der Waals surface area (Å²) in [4.78, 5) is 25.4. The van der Waals surface area contributed by atoms with Gasteiger partial charge in [0.2, 0.25) is 5.91 Å². The standard InChI is InChI=1S/C18H21F2NO4/c19-15-2-1-11(9-16(15)20)13-10-14(13)18(24)21(6-3-17(22)23)12-4-7-25-8-5-12/h1-2,9,12-14H,3-8,10H2,(H,22,23)/t13-,14-/m0/s1. The highest BCUT2D eigenvalue weighted by Crippen LogP contribution is 2.49. The lowest BCUT2D eigenvalue weighted by atomic mass is 10.0. The Labute approximate surface area is 144 Å². The first-order valence-corrected chi connectivity index (χ1v) is 8.52. The second kappa shape index (κ2) is 7.47. The van der Waals surface area contributed by atoms with E-state index in [9.17, 15) is 18.4 Å². The van der Waals surface area contributed by atoms with Crippen molar-refractivity contribution in [3.63, 3.8) is 0 Å². The summed E-state index contributed by atoms with van der Waals surface area (Å²) in [6.45, 7) is 1.28. The molecule has 25 heavy (non-hydrogen) atoms. The molecule has 1 heterocycles. The Bertz CT molecular complexity index is 660. The van der Waals surface area contributed by atoms with Gasteiger partial charge in [0.05, 0.1) is 6.42 Å². The lowest BCUT2D eigenvalue weighted by Gasteiger charge is -2.34. The number of carbonyl (C=O) groups excluding carboxylic acids is 1. The van der Waals surface area contributed by atoms with Gasteiger partial charge in [-0.15, -0.1) is 0 Å². The average Bonchev–Trinajstić information content (AvgIpc) is 3.39. The third-order valence-electron chi connectivity index (χ3n) is 4.96. The van der Waals surface area contributed by atoms with Crippen molar-refractivity contribution in [3.8, 4) is 0 Å². The summed E-state index contributed by atoms with van der Waals surface area (Å²) in [6, 6.07) is 3.70. The minimum absolute atomic E-state index is 0.0215. The Balaban J connectivity index is 1.69. The number of benzene rings is 1. The molecule has 7 heteroatoms. The van der Waals surface area contributed by atoms with Crippen LogP contribution in [0.15, 0.2) is 18.2 Å². The van der Waals surface area contributed by atoms with Crippen LogP contribution in [0.4, 0.5) is 8.78 Å². The van der Waals surface area contributed by atoms with Crippen LogP contribution >= 0.6 is 0 Å². The molecule has 1 amide bonds. The third-order valence-corrected chi connectivity index (χ3v) is 4.96. The Morgan fingerprint density at radius 1 is 1.20 bits per heavy atom. The number of rotatable bonds is 6. The normalized spacial score (nSPS) is 23.3. The van der Waals surface area contributed by atoms with Crippen LogP contribution in [0.1, 0.15) is 37.2 Å². The first-order chi connectivity index (χ1) is 12.0. The fraction of sp³-hybridized carbons (Fsp3) is 0.556. The molecule has 0 spiro atoms. The van der Waals surface area contributed by atoms with E-state index >= 15 is 0 Å². The van der Waals surface area contributed by atoms with E-state index in [1.165, 1.54) is 6.07 Å². The molecular weight excluding hydrogens is 332 g/mol. The van der Waals surface area contributed by atoms with Gasteiger partial charge in [-0.25, -0.2) is 8.78 Å². The molecular formula is C18H21F2NO4. The minimum atomic E-state index is -0.946. The molecule has 1 saturated heterocycles. The van der Waals surface area contributed by atoms with Gasteiger partial charge in [0, 0.05) is 31.7 Å². The molecule has 0 bridgehead atoms. The van der Waals surface area contributed by atoms with E-state index in [4.69, 9.17) is 9.84 Å². The van der Waals surface area contributed by atoms with Crippen LogP contribution in [-0.2, 0) is 14.3 Å². The van der Waals surface area contributed by atoms with Crippen LogP contribution in [0.2, 0.25) is 0 Å². The number of carboxylic acids is 1. The second-order valence-electron chi connectivity index (χ2n) is 6.64. The van der Waals surface area contributed by atoms with Gasteiger partial charge in [-0.05, 0) is 42.9 Å². The number of carboxylic acid groups (broad SMARTS) is 1. The van der Waals surface area contributed by atoms with Gasteiger partial charge in [-0.1, -0.05) is 6.07 Å². The van der Waals surface area contributed by atoms with Crippen molar-refractivity contribution in [3.05, 3.63) is 35.4 Å². The van der Waals surface area contributed by atoms with Crippen molar-refractivity contribution in [2.45, 2.75) is 37.6 Å². The average molecular weight is 353 g/mol. The molecule has 1 aliphatic carbocycles. The van der Waals surface area contributed by atoms with Gasteiger partial charge in [0.25, 0.3) is 0 Å². The van der Waals surface area contributed by atoms with Gasteiger partial charge in [-0.2, -0.15) is 0 Å². The van der Waals surface area contributed by atoms with Gasteiger partial charge >= 0.3 is 5.97 Å². The highest BCUT2D eigenvalue weighted by molar-refractivity contribution is 5.83. The van der Waals surface area contributed by atoms with Crippen LogP contribution in [0.3, 0.4) is 0 Å². The van der Waals surface area contributed by atoms with E-state index in [-0.39, 0.29) is 36.8 Å². The van der Waals surface area contributed by atoms with Crippen molar-refractivity contribution >= 4 is 11.9 Å². The minimum Gasteiger partial charge on any atom is -0.481 e. The Morgan fingerprint density at radius 3 is 2.56 bits per heavy atom. The SMILES string of the molecule is O=C(O)CCN(C(=O)[C@H]1C[C@H]1c1ccc(F)c(F)c1)C1CCOCC1. The summed E-state index contributed by atoms with van der Waals surface area (Å²) in [5, 5.41) is 8.94. The molecule has 0 unspecified atom stereocenters. The zero-order chi connectivity index (χ0) is 18.0. The maximum atomic E-state index is 13.4. The molecule has 1 aromatic rings. The summed E-state index contributed by atoms with van der Waals surface area (Å²) in [5.74, 6) is -3.28. The molecule has 1 N–H and O–H groups in total. The molecule has 0 radical (unpaired) electrons. The molecule has 5 nitrogen and oxygen atoms in total. The van der Waals surface area contributed by atoms with Crippen LogP contribution in [0, 0.1) is 17.6 Å². The highest BCUT2D eigenvalue weighted by Gasteiger charge is 2.47. The van der Waals surface area contributed by atoms with Crippen molar-refractivity contribution in [1.82, 2.24) is 4.90 Å². The van der Waals surface area contributed by atoms with E-state index < -0.39 is 17.6 Å². The van der Waals surface area contributed by atoms with Gasteiger partial charge in [-0.3, -0.25) is 9.59 Å². The van der Waals surface area contributed by atoms with Crippen molar-refractivity contribution in [1.29, 1.82) is 0 Å². The Hall–Kier alpha value is -2.02. The quantitative estimate of drug-likeness (QED) is 0.854. The Kier molecular flexibility index (Phi) is 5.32. The zero-order valence-corrected chi connectivity index (χ0v) is 13.8.